The molecule has 1 aliphatic rings. The van der Waals surface area contributed by atoms with Crippen molar-refractivity contribution in [2.75, 3.05) is 13.2 Å². The van der Waals surface area contributed by atoms with Gasteiger partial charge in [0.15, 0.2) is 0 Å². The second-order valence-electron chi connectivity index (χ2n) is 6.79. The number of carbonyl (C=O) groups excluding carboxylic acids is 2. The van der Waals surface area contributed by atoms with E-state index in [1.807, 2.05) is 31.4 Å². The molecule has 0 spiro atoms. The monoisotopic (exact) mass is 419 g/mol. The van der Waals surface area contributed by atoms with Crippen LogP contribution in [0.5, 0.6) is 0 Å². The molecule has 1 aromatic carbocycles. The summed E-state index contributed by atoms with van der Waals surface area (Å²) in [4.78, 5) is 27.9. The normalized spacial score (nSPS) is 19.0. The van der Waals surface area contributed by atoms with E-state index in [0.29, 0.717) is 30.2 Å². The van der Waals surface area contributed by atoms with Crippen molar-refractivity contribution in [3.63, 3.8) is 0 Å². The van der Waals surface area contributed by atoms with Crippen LogP contribution in [0.25, 0.3) is 5.76 Å². The van der Waals surface area contributed by atoms with Crippen LogP contribution in [0.15, 0.2) is 47.4 Å². The van der Waals surface area contributed by atoms with Gasteiger partial charge in [-0.3, -0.25) is 9.59 Å². The molecule has 1 atom stereocenters. The number of rotatable bonds is 7. The van der Waals surface area contributed by atoms with Crippen molar-refractivity contribution in [2.45, 2.75) is 32.4 Å². The predicted molar refractivity (Wildman–Crippen MR) is 110 cm³/mol. The molecular weight excluding hydrogens is 398 g/mol. The standard InChI is InChI=1S/C21H22ClNO4S/c1-13(2)27-11-4-10-23-18(16-5-3-12-28-16)17(20(25)21(23)26)19(24)14-6-8-15(22)9-7-14/h3,5-9,12-13,18,24H,4,10-11H2,1-2H3/t18-/m0/s1. The van der Waals surface area contributed by atoms with E-state index in [9.17, 15) is 14.7 Å². The van der Waals surface area contributed by atoms with E-state index in [1.165, 1.54) is 16.2 Å². The van der Waals surface area contributed by atoms with Crippen molar-refractivity contribution in [3.8, 4) is 0 Å². The van der Waals surface area contributed by atoms with Crippen molar-refractivity contribution in [3.05, 3.63) is 62.8 Å². The summed E-state index contributed by atoms with van der Waals surface area (Å²) in [7, 11) is 0. The Morgan fingerprint density at radius 3 is 2.57 bits per heavy atom. The Morgan fingerprint density at radius 1 is 1.25 bits per heavy atom. The van der Waals surface area contributed by atoms with Gasteiger partial charge >= 0.3 is 0 Å². The first-order valence-electron chi connectivity index (χ1n) is 9.09. The van der Waals surface area contributed by atoms with Crippen LogP contribution in [-0.2, 0) is 14.3 Å². The molecule has 0 unspecified atom stereocenters. The number of ether oxygens (including phenoxy) is 1. The summed E-state index contributed by atoms with van der Waals surface area (Å²) >= 11 is 7.36. The number of thiophene rings is 1. The molecule has 3 rings (SSSR count). The number of carbonyl (C=O) groups is 2. The van der Waals surface area contributed by atoms with Gasteiger partial charge in [0.1, 0.15) is 5.76 Å². The third-order valence-corrected chi connectivity index (χ3v) is 5.64. The molecule has 1 aromatic heterocycles. The fourth-order valence-electron chi connectivity index (χ4n) is 3.17. The first-order valence-corrected chi connectivity index (χ1v) is 10.3. The molecule has 0 aliphatic carbocycles. The van der Waals surface area contributed by atoms with E-state index in [2.05, 4.69) is 0 Å². The number of likely N-dealkylation sites (tertiary alicyclic amines) is 1. The highest BCUT2D eigenvalue weighted by atomic mass is 35.5. The number of benzene rings is 1. The van der Waals surface area contributed by atoms with Crippen LogP contribution in [0.2, 0.25) is 5.02 Å². The number of nitrogens with zero attached hydrogens (tertiary/aromatic N) is 1. The topological polar surface area (TPSA) is 66.8 Å². The summed E-state index contributed by atoms with van der Waals surface area (Å²) in [5, 5.41) is 13.3. The largest absolute Gasteiger partial charge is 0.507 e. The summed E-state index contributed by atoms with van der Waals surface area (Å²) in [6.45, 7) is 4.76. The minimum Gasteiger partial charge on any atom is -0.507 e. The fourth-order valence-corrected chi connectivity index (χ4v) is 4.14. The third kappa shape index (κ3) is 4.29. The maximum absolute atomic E-state index is 12.8. The molecule has 1 N–H and O–H groups in total. The lowest BCUT2D eigenvalue weighted by Gasteiger charge is -2.24. The van der Waals surface area contributed by atoms with Crippen LogP contribution < -0.4 is 0 Å². The first-order chi connectivity index (χ1) is 13.4. The quantitative estimate of drug-likeness (QED) is 0.307. The zero-order valence-electron chi connectivity index (χ0n) is 15.7. The number of amides is 1. The Hall–Kier alpha value is -2.15. The highest BCUT2D eigenvalue weighted by Gasteiger charge is 2.46. The highest BCUT2D eigenvalue weighted by molar-refractivity contribution is 7.10. The van der Waals surface area contributed by atoms with Crippen LogP contribution in [0.3, 0.4) is 0 Å². The lowest BCUT2D eigenvalue weighted by molar-refractivity contribution is -0.140. The smallest absolute Gasteiger partial charge is 0.295 e. The van der Waals surface area contributed by atoms with Gasteiger partial charge in [0.2, 0.25) is 0 Å². The van der Waals surface area contributed by atoms with E-state index in [0.717, 1.165) is 4.88 Å². The molecule has 2 heterocycles. The molecule has 0 bridgehead atoms. The van der Waals surface area contributed by atoms with Crippen LogP contribution in [-0.4, -0.2) is 41.0 Å². The molecule has 1 aliphatic heterocycles. The van der Waals surface area contributed by atoms with E-state index in [4.69, 9.17) is 16.3 Å². The number of hydrogen-bond donors (Lipinski definition) is 1. The van der Waals surface area contributed by atoms with Crippen LogP contribution >= 0.6 is 22.9 Å². The molecule has 148 valence electrons. The fraction of sp³-hybridized carbons (Fsp3) is 0.333. The average Bonchev–Trinajstić information content (AvgIpc) is 3.27. The van der Waals surface area contributed by atoms with Gasteiger partial charge in [-0.1, -0.05) is 17.7 Å². The number of hydrogen-bond acceptors (Lipinski definition) is 5. The minimum absolute atomic E-state index is 0.105. The molecule has 0 saturated carbocycles. The Bertz CT molecular complexity index is 874. The molecular formula is C21H22ClNO4S. The zero-order valence-corrected chi connectivity index (χ0v) is 17.3. The van der Waals surface area contributed by atoms with E-state index in [-0.39, 0.29) is 17.4 Å². The Balaban J connectivity index is 1.96. The van der Waals surface area contributed by atoms with Gasteiger partial charge < -0.3 is 14.7 Å². The number of halogens is 1. The summed E-state index contributed by atoms with van der Waals surface area (Å²) in [6.07, 6.45) is 0.710. The number of aliphatic hydroxyl groups excluding tert-OH is 1. The van der Waals surface area contributed by atoms with Crippen LogP contribution in [0.4, 0.5) is 0 Å². The second-order valence-corrected chi connectivity index (χ2v) is 8.20. The van der Waals surface area contributed by atoms with Crippen molar-refractivity contribution in [1.29, 1.82) is 0 Å². The lowest BCUT2D eigenvalue weighted by Crippen LogP contribution is -2.31. The van der Waals surface area contributed by atoms with Crippen LogP contribution in [0.1, 0.15) is 36.8 Å². The lowest BCUT2D eigenvalue weighted by atomic mass is 10.00. The molecule has 1 amide bonds. The number of aliphatic hydroxyl groups is 1. The summed E-state index contributed by atoms with van der Waals surface area (Å²) in [5.41, 5.74) is 0.562. The van der Waals surface area contributed by atoms with Crippen molar-refractivity contribution in [1.82, 2.24) is 4.90 Å². The Kier molecular flexibility index (Phi) is 6.54. The summed E-state index contributed by atoms with van der Waals surface area (Å²) < 4.78 is 5.55. The van der Waals surface area contributed by atoms with Gasteiger partial charge in [0, 0.05) is 28.6 Å². The molecule has 1 fully saturated rings. The van der Waals surface area contributed by atoms with Gasteiger partial charge in [-0.2, -0.15) is 0 Å². The van der Waals surface area contributed by atoms with Crippen molar-refractivity contribution >= 4 is 40.4 Å². The first kappa shape index (κ1) is 20.6. The maximum atomic E-state index is 12.8. The van der Waals surface area contributed by atoms with Gasteiger partial charge in [0.05, 0.1) is 17.7 Å². The average molecular weight is 420 g/mol. The van der Waals surface area contributed by atoms with Gasteiger partial charge in [-0.15, -0.1) is 11.3 Å². The molecule has 0 radical (unpaired) electrons. The SMILES string of the molecule is CC(C)OCCCN1C(=O)C(=O)C(=C(O)c2ccc(Cl)cc2)[C@@H]1c1cccs1. The molecule has 7 heteroatoms. The molecule has 28 heavy (non-hydrogen) atoms. The Morgan fingerprint density at radius 2 is 1.96 bits per heavy atom. The Labute approximate surface area is 173 Å². The summed E-state index contributed by atoms with van der Waals surface area (Å²) in [5.74, 6) is -1.46. The van der Waals surface area contributed by atoms with Gasteiger partial charge in [-0.25, -0.2) is 0 Å². The maximum Gasteiger partial charge on any atom is 0.295 e. The molecule has 1 saturated heterocycles. The van der Waals surface area contributed by atoms with Gasteiger partial charge in [0.25, 0.3) is 11.7 Å². The second kappa shape index (κ2) is 8.90. The summed E-state index contributed by atoms with van der Waals surface area (Å²) in [6, 6.07) is 9.67. The van der Waals surface area contributed by atoms with E-state index >= 15 is 0 Å². The van der Waals surface area contributed by atoms with Gasteiger partial charge in [-0.05, 0) is 56.0 Å². The highest BCUT2D eigenvalue weighted by Crippen LogP contribution is 2.41. The minimum atomic E-state index is -0.671. The zero-order chi connectivity index (χ0) is 20.3. The van der Waals surface area contributed by atoms with E-state index < -0.39 is 17.7 Å². The van der Waals surface area contributed by atoms with Crippen LogP contribution in [0, 0.1) is 0 Å². The van der Waals surface area contributed by atoms with Crippen molar-refractivity contribution < 1.29 is 19.4 Å². The van der Waals surface area contributed by atoms with E-state index in [1.54, 1.807) is 24.3 Å². The predicted octanol–water partition coefficient (Wildman–Crippen LogP) is 4.64. The third-order valence-electron chi connectivity index (χ3n) is 4.46. The molecule has 5 nitrogen and oxygen atoms in total. The number of Topliss-reactive ketones (excluding diaryl/α,β-unsaturated/α-hetero) is 1. The van der Waals surface area contributed by atoms with Crippen molar-refractivity contribution in [2.24, 2.45) is 0 Å². The number of ketones is 1. The molecule has 2 aromatic rings.